The molecule has 1 heterocycles. The summed E-state index contributed by atoms with van der Waals surface area (Å²) < 4.78 is 11.8. The SMILES string of the molecule is CCNC(=O)CCCn1nc(-c2ccc(OC)cc2)c(OC)cc1=O. The van der Waals surface area contributed by atoms with Crippen LogP contribution >= 0.6 is 0 Å². The number of aromatic nitrogens is 2. The summed E-state index contributed by atoms with van der Waals surface area (Å²) in [7, 11) is 3.10. The van der Waals surface area contributed by atoms with Gasteiger partial charge in [-0.05, 0) is 37.6 Å². The predicted molar refractivity (Wildman–Crippen MR) is 95.0 cm³/mol. The van der Waals surface area contributed by atoms with Crippen molar-refractivity contribution in [2.75, 3.05) is 20.8 Å². The maximum atomic E-state index is 12.2. The molecule has 1 amide bonds. The van der Waals surface area contributed by atoms with E-state index in [4.69, 9.17) is 9.47 Å². The lowest BCUT2D eigenvalue weighted by atomic mass is 10.1. The number of rotatable bonds is 8. The minimum atomic E-state index is -0.259. The zero-order valence-electron chi connectivity index (χ0n) is 14.7. The van der Waals surface area contributed by atoms with Gasteiger partial charge in [0.05, 0.1) is 14.2 Å². The number of ether oxygens (including phenoxy) is 2. The fourth-order valence-corrected chi connectivity index (χ4v) is 2.41. The van der Waals surface area contributed by atoms with Crippen LogP contribution in [0.2, 0.25) is 0 Å². The molecule has 0 atom stereocenters. The molecule has 2 rings (SSSR count). The second kappa shape index (κ2) is 8.86. The number of nitrogens with zero attached hydrogens (tertiary/aromatic N) is 2. The van der Waals surface area contributed by atoms with Crippen LogP contribution < -0.4 is 20.3 Å². The Morgan fingerprint density at radius 2 is 1.92 bits per heavy atom. The van der Waals surface area contributed by atoms with Crippen LogP contribution in [-0.4, -0.2) is 36.5 Å². The van der Waals surface area contributed by atoms with Gasteiger partial charge in [-0.15, -0.1) is 0 Å². The van der Waals surface area contributed by atoms with Gasteiger partial charge in [0.2, 0.25) is 5.91 Å². The molecule has 0 unspecified atom stereocenters. The van der Waals surface area contributed by atoms with Gasteiger partial charge < -0.3 is 14.8 Å². The second-order valence-corrected chi connectivity index (χ2v) is 5.41. The molecule has 0 radical (unpaired) electrons. The Kier molecular flexibility index (Phi) is 6.56. The molecule has 0 fully saturated rings. The molecule has 0 aliphatic carbocycles. The summed E-state index contributed by atoms with van der Waals surface area (Å²) in [6, 6.07) is 8.76. The van der Waals surface area contributed by atoms with Crippen LogP contribution in [0.1, 0.15) is 19.8 Å². The third kappa shape index (κ3) is 4.82. The number of carbonyl (C=O) groups is 1. The van der Waals surface area contributed by atoms with Gasteiger partial charge in [0.25, 0.3) is 5.56 Å². The molecular formula is C18H23N3O4. The highest BCUT2D eigenvalue weighted by molar-refractivity contribution is 5.75. The van der Waals surface area contributed by atoms with Crippen molar-refractivity contribution >= 4 is 5.91 Å². The molecule has 2 aromatic rings. The average molecular weight is 345 g/mol. The molecule has 1 aromatic heterocycles. The summed E-state index contributed by atoms with van der Waals surface area (Å²) >= 11 is 0. The molecule has 0 bridgehead atoms. The monoisotopic (exact) mass is 345 g/mol. The van der Waals surface area contributed by atoms with Crippen molar-refractivity contribution in [3.63, 3.8) is 0 Å². The summed E-state index contributed by atoms with van der Waals surface area (Å²) in [5.74, 6) is 1.12. The third-order valence-electron chi connectivity index (χ3n) is 3.69. The van der Waals surface area contributed by atoms with Crippen LogP contribution in [0.4, 0.5) is 0 Å². The summed E-state index contributed by atoms with van der Waals surface area (Å²) in [6.45, 7) is 2.83. The molecule has 0 aliphatic heterocycles. The normalized spacial score (nSPS) is 10.4. The summed E-state index contributed by atoms with van der Waals surface area (Å²) in [5.41, 5.74) is 1.13. The van der Waals surface area contributed by atoms with Crippen LogP contribution in [0.3, 0.4) is 0 Å². The fraction of sp³-hybridized carbons (Fsp3) is 0.389. The molecule has 25 heavy (non-hydrogen) atoms. The van der Waals surface area contributed by atoms with Crippen LogP contribution in [0, 0.1) is 0 Å². The molecule has 0 saturated carbocycles. The zero-order chi connectivity index (χ0) is 18.2. The Morgan fingerprint density at radius 1 is 1.20 bits per heavy atom. The molecule has 0 spiro atoms. The number of nitrogens with one attached hydrogen (secondary N) is 1. The van der Waals surface area contributed by atoms with Gasteiger partial charge in [-0.3, -0.25) is 9.59 Å². The molecule has 0 saturated heterocycles. The molecule has 134 valence electrons. The first-order chi connectivity index (χ1) is 12.1. The Labute approximate surface area is 146 Å². The van der Waals surface area contributed by atoms with E-state index in [-0.39, 0.29) is 11.5 Å². The van der Waals surface area contributed by atoms with Crippen LogP contribution in [0.5, 0.6) is 11.5 Å². The van der Waals surface area contributed by atoms with Crippen molar-refractivity contribution in [1.29, 1.82) is 0 Å². The second-order valence-electron chi connectivity index (χ2n) is 5.41. The van der Waals surface area contributed by atoms with E-state index in [2.05, 4.69) is 10.4 Å². The van der Waals surface area contributed by atoms with Crippen molar-refractivity contribution in [1.82, 2.24) is 15.1 Å². The highest BCUT2D eigenvalue weighted by Crippen LogP contribution is 2.27. The standard InChI is InChI=1S/C18H23N3O4/c1-4-19-16(22)6-5-11-21-17(23)12-15(25-3)18(20-21)13-7-9-14(24-2)10-8-13/h7-10,12H,4-6,11H2,1-3H3,(H,19,22). The lowest BCUT2D eigenvalue weighted by molar-refractivity contribution is -0.121. The van der Waals surface area contributed by atoms with E-state index in [1.807, 2.05) is 31.2 Å². The van der Waals surface area contributed by atoms with E-state index in [1.165, 1.54) is 17.9 Å². The first-order valence-electron chi connectivity index (χ1n) is 8.16. The Hall–Kier alpha value is -2.83. The Bertz CT molecular complexity index is 769. The molecule has 7 nitrogen and oxygen atoms in total. The molecular weight excluding hydrogens is 322 g/mol. The zero-order valence-corrected chi connectivity index (χ0v) is 14.7. The van der Waals surface area contributed by atoms with Crippen LogP contribution in [0.15, 0.2) is 35.1 Å². The maximum absolute atomic E-state index is 12.2. The maximum Gasteiger partial charge on any atom is 0.270 e. The minimum absolute atomic E-state index is 0.0283. The predicted octanol–water partition coefficient (Wildman–Crippen LogP) is 1.84. The highest BCUT2D eigenvalue weighted by Gasteiger charge is 2.12. The van der Waals surface area contributed by atoms with E-state index in [1.54, 1.807) is 7.11 Å². The lowest BCUT2D eigenvalue weighted by Crippen LogP contribution is -2.26. The number of aryl methyl sites for hydroxylation is 1. The number of hydrogen-bond acceptors (Lipinski definition) is 5. The van der Waals surface area contributed by atoms with Crippen molar-refractivity contribution < 1.29 is 14.3 Å². The van der Waals surface area contributed by atoms with E-state index in [9.17, 15) is 9.59 Å². The largest absolute Gasteiger partial charge is 0.497 e. The average Bonchev–Trinajstić information content (AvgIpc) is 2.63. The van der Waals surface area contributed by atoms with Crippen molar-refractivity contribution in [3.8, 4) is 22.8 Å². The minimum Gasteiger partial charge on any atom is -0.497 e. The number of methoxy groups -OCH3 is 2. The number of benzene rings is 1. The number of carbonyl (C=O) groups excluding carboxylic acids is 1. The summed E-state index contributed by atoms with van der Waals surface area (Å²) in [6.07, 6.45) is 0.888. The Morgan fingerprint density at radius 3 is 2.52 bits per heavy atom. The molecule has 7 heteroatoms. The summed E-state index contributed by atoms with van der Waals surface area (Å²) in [5, 5.41) is 7.15. The van der Waals surface area contributed by atoms with E-state index < -0.39 is 0 Å². The van der Waals surface area contributed by atoms with Gasteiger partial charge >= 0.3 is 0 Å². The molecule has 0 aliphatic rings. The van der Waals surface area contributed by atoms with E-state index >= 15 is 0 Å². The van der Waals surface area contributed by atoms with Gasteiger partial charge in [-0.25, -0.2) is 4.68 Å². The van der Waals surface area contributed by atoms with Gasteiger partial charge in [0, 0.05) is 31.1 Å². The highest BCUT2D eigenvalue weighted by atomic mass is 16.5. The quantitative estimate of drug-likeness (QED) is 0.789. The molecule has 1 N–H and O–H groups in total. The van der Waals surface area contributed by atoms with Crippen molar-refractivity contribution in [2.45, 2.75) is 26.3 Å². The Balaban J connectivity index is 2.23. The van der Waals surface area contributed by atoms with E-state index in [0.29, 0.717) is 37.4 Å². The first kappa shape index (κ1) is 18.5. The smallest absolute Gasteiger partial charge is 0.270 e. The van der Waals surface area contributed by atoms with Gasteiger partial charge in [-0.2, -0.15) is 5.10 Å². The van der Waals surface area contributed by atoms with Crippen LogP contribution in [0.25, 0.3) is 11.3 Å². The number of amides is 1. The van der Waals surface area contributed by atoms with E-state index in [0.717, 1.165) is 11.3 Å². The third-order valence-corrected chi connectivity index (χ3v) is 3.69. The first-order valence-corrected chi connectivity index (χ1v) is 8.16. The number of hydrogen-bond donors (Lipinski definition) is 1. The fourth-order valence-electron chi connectivity index (χ4n) is 2.41. The lowest BCUT2D eigenvalue weighted by Gasteiger charge is -2.11. The van der Waals surface area contributed by atoms with Crippen LogP contribution in [-0.2, 0) is 11.3 Å². The van der Waals surface area contributed by atoms with Gasteiger partial charge in [0.15, 0.2) is 5.75 Å². The molecule has 1 aromatic carbocycles. The van der Waals surface area contributed by atoms with Gasteiger partial charge in [-0.1, -0.05) is 0 Å². The summed E-state index contributed by atoms with van der Waals surface area (Å²) in [4.78, 5) is 23.7. The van der Waals surface area contributed by atoms with Gasteiger partial charge in [0.1, 0.15) is 11.4 Å². The topological polar surface area (TPSA) is 82.5 Å². The van der Waals surface area contributed by atoms with Crippen molar-refractivity contribution in [2.24, 2.45) is 0 Å². The van der Waals surface area contributed by atoms with Crippen molar-refractivity contribution in [3.05, 3.63) is 40.7 Å².